The van der Waals surface area contributed by atoms with Crippen molar-refractivity contribution in [3.05, 3.63) is 58.9 Å². The molecule has 3 aliphatic heterocycles. The molecule has 2 atom stereocenters. The Bertz CT molecular complexity index is 1070. The highest BCUT2D eigenvalue weighted by molar-refractivity contribution is 6.32. The van der Waals surface area contributed by atoms with Gasteiger partial charge in [-0.05, 0) is 31.0 Å². The third-order valence-electron chi connectivity index (χ3n) is 6.03. The lowest BCUT2D eigenvalue weighted by molar-refractivity contribution is 0.149. The van der Waals surface area contributed by atoms with Gasteiger partial charge in [0.2, 0.25) is 0 Å². The zero-order valence-corrected chi connectivity index (χ0v) is 15.6. The highest BCUT2D eigenvalue weighted by Crippen LogP contribution is 2.55. The van der Waals surface area contributed by atoms with Gasteiger partial charge in [0.1, 0.15) is 11.5 Å². The molecule has 2 bridgehead atoms. The summed E-state index contributed by atoms with van der Waals surface area (Å²) in [6.45, 7) is 1.72. The van der Waals surface area contributed by atoms with Crippen LogP contribution < -0.4 is 14.4 Å². The summed E-state index contributed by atoms with van der Waals surface area (Å²) in [5.74, 6) is 2.13. The first-order valence-corrected chi connectivity index (χ1v) is 9.94. The summed E-state index contributed by atoms with van der Waals surface area (Å²) in [5.41, 5.74) is 3.52. The van der Waals surface area contributed by atoms with Crippen LogP contribution in [0, 0.1) is 0 Å². The number of benzene rings is 2. The van der Waals surface area contributed by atoms with E-state index >= 15 is 0 Å². The number of fused-ring (bicyclic) bond motifs is 8. The van der Waals surface area contributed by atoms with Gasteiger partial charge in [-0.3, -0.25) is 4.98 Å². The number of nitrogens with zero attached hydrogens (tertiary/aromatic N) is 2. The average molecular weight is 379 g/mol. The van der Waals surface area contributed by atoms with Gasteiger partial charge in [0, 0.05) is 58.2 Å². The number of rotatable bonds is 0. The van der Waals surface area contributed by atoms with E-state index in [1.54, 1.807) is 0 Å². The second-order valence-electron chi connectivity index (χ2n) is 7.50. The normalized spacial score (nSPS) is 22.8. The van der Waals surface area contributed by atoms with E-state index in [1.165, 1.54) is 11.1 Å². The molecule has 3 aliphatic rings. The Balaban J connectivity index is 1.64. The molecule has 0 spiro atoms. The Morgan fingerprint density at radius 1 is 1.11 bits per heavy atom. The highest BCUT2D eigenvalue weighted by Gasteiger charge is 2.43. The Labute approximate surface area is 162 Å². The third kappa shape index (κ3) is 2.19. The molecule has 5 heteroatoms. The summed E-state index contributed by atoms with van der Waals surface area (Å²) in [4.78, 5) is 6.63. The SMILES string of the molecule is Clc1ccc2c3c1[C@H]1C[C@H](Oc4c1ccc1cnccc41)N3CCCCO2. The molecule has 6 rings (SSSR count). The third-order valence-corrected chi connectivity index (χ3v) is 6.36. The van der Waals surface area contributed by atoms with Gasteiger partial charge in [-0.1, -0.05) is 23.7 Å². The van der Waals surface area contributed by atoms with Gasteiger partial charge in [0.15, 0.2) is 6.23 Å². The lowest BCUT2D eigenvalue weighted by Gasteiger charge is -2.47. The van der Waals surface area contributed by atoms with Gasteiger partial charge in [0.05, 0.1) is 12.3 Å². The molecule has 0 saturated carbocycles. The zero-order valence-electron chi connectivity index (χ0n) is 14.8. The topological polar surface area (TPSA) is 34.6 Å². The van der Waals surface area contributed by atoms with Crippen LogP contribution >= 0.6 is 11.6 Å². The van der Waals surface area contributed by atoms with E-state index in [4.69, 9.17) is 21.1 Å². The van der Waals surface area contributed by atoms with E-state index in [9.17, 15) is 0 Å². The van der Waals surface area contributed by atoms with Gasteiger partial charge in [-0.2, -0.15) is 0 Å². The van der Waals surface area contributed by atoms with E-state index in [0.29, 0.717) is 0 Å². The number of anilines is 1. The fraction of sp³-hybridized carbons (Fsp3) is 0.318. The van der Waals surface area contributed by atoms with Crippen molar-refractivity contribution < 1.29 is 9.47 Å². The van der Waals surface area contributed by atoms with Crippen molar-refractivity contribution in [1.29, 1.82) is 0 Å². The number of pyridine rings is 1. The van der Waals surface area contributed by atoms with E-state index < -0.39 is 0 Å². The lowest BCUT2D eigenvalue weighted by Crippen LogP contribution is -2.48. The fourth-order valence-corrected chi connectivity index (χ4v) is 5.10. The van der Waals surface area contributed by atoms with E-state index in [1.807, 2.05) is 30.6 Å². The lowest BCUT2D eigenvalue weighted by atomic mass is 9.80. The Hall–Kier alpha value is -2.46. The molecular formula is C22H19ClN2O2. The van der Waals surface area contributed by atoms with Crippen molar-refractivity contribution in [3.8, 4) is 11.5 Å². The molecule has 0 N–H and O–H groups in total. The molecular weight excluding hydrogens is 360 g/mol. The van der Waals surface area contributed by atoms with Crippen LogP contribution in [0.4, 0.5) is 5.69 Å². The highest BCUT2D eigenvalue weighted by atomic mass is 35.5. The van der Waals surface area contributed by atoms with Crippen molar-refractivity contribution in [3.63, 3.8) is 0 Å². The molecule has 0 radical (unpaired) electrons. The quantitative estimate of drug-likeness (QED) is 0.543. The maximum atomic E-state index is 6.75. The number of halogens is 1. The second kappa shape index (κ2) is 5.77. The first-order chi connectivity index (χ1) is 13.3. The largest absolute Gasteiger partial charge is 0.491 e. The molecule has 4 nitrogen and oxygen atoms in total. The molecule has 0 aliphatic carbocycles. The standard InChI is InChI=1S/C22H19ClN2O2/c23-17-5-6-18-21-20(17)16-11-19(25(21)9-1-2-10-26-18)27-22-14-7-8-24-12-13(14)3-4-15(16)22/h3-8,12,16,19H,1-2,9-11H2/t16-,19-/m0/s1. The predicted octanol–water partition coefficient (Wildman–Crippen LogP) is 5.12. The minimum absolute atomic E-state index is 0.00711. The predicted molar refractivity (Wildman–Crippen MR) is 106 cm³/mol. The van der Waals surface area contributed by atoms with Crippen molar-refractivity contribution in [2.45, 2.75) is 31.4 Å². The van der Waals surface area contributed by atoms with Crippen LogP contribution in [0.15, 0.2) is 42.7 Å². The van der Waals surface area contributed by atoms with E-state index in [2.05, 4.69) is 22.0 Å². The molecule has 0 amide bonds. The van der Waals surface area contributed by atoms with E-state index in [0.717, 1.165) is 65.4 Å². The first-order valence-electron chi connectivity index (χ1n) is 9.56. The maximum absolute atomic E-state index is 6.75. The van der Waals surface area contributed by atoms with Crippen molar-refractivity contribution >= 4 is 28.1 Å². The summed E-state index contributed by atoms with van der Waals surface area (Å²) >= 11 is 6.75. The van der Waals surface area contributed by atoms with Crippen LogP contribution in [0.1, 0.15) is 36.3 Å². The summed E-state index contributed by atoms with van der Waals surface area (Å²) in [7, 11) is 0. The molecule has 3 aromatic rings. The van der Waals surface area contributed by atoms with Gasteiger partial charge < -0.3 is 14.4 Å². The van der Waals surface area contributed by atoms with Crippen LogP contribution in [0.3, 0.4) is 0 Å². The number of ether oxygens (including phenoxy) is 2. The Morgan fingerprint density at radius 2 is 2.07 bits per heavy atom. The molecule has 1 aromatic heterocycles. The molecule has 4 heterocycles. The monoisotopic (exact) mass is 378 g/mol. The average Bonchev–Trinajstić information content (AvgIpc) is 2.68. The summed E-state index contributed by atoms with van der Waals surface area (Å²) in [6, 6.07) is 10.3. The first kappa shape index (κ1) is 15.6. The molecule has 0 unspecified atom stereocenters. The van der Waals surface area contributed by atoms with Crippen LogP contribution in [-0.2, 0) is 0 Å². The zero-order chi connectivity index (χ0) is 18.0. The van der Waals surface area contributed by atoms with Gasteiger partial charge in [-0.15, -0.1) is 0 Å². The Morgan fingerprint density at radius 3 is 3.04 bits per heavy atom. The molecule has 2 aromatic carbocycles. The van der Waals surface area contributed by atoms with Gasteiger partial charge in [0.25, 0.3) is 0 Å². The number of aromatic nitrogens is 1. The Kier molecular flexibility index (Phi) is 3.33. The van der Waals surface area contributed by atoms with Crippen molar-refractivity contribution in [1.82, 2.24) is 4.98 Å². The van der Waals surface area contributed by atoms with Crippen molar-refractivity contribution in [2.75, 3.05) is 18.1 Å². The van der Waals surface area contributed by atoms with E-state index in [-0.39, 0.29) is 12.1 Å². The van der Waals surface area contributed by atoms with Crippen LogP contribution in [0.25, 0.3) is 10.8 Å². The second-order valence-corrected chi connectivity index (χ2v) is 7.91. The molecule has 0 fully saturated rings. The molecule has 136 valence electrons. The smallest absolute Gasteiger partial charge is 0.173 e. The minimum Gasteiger partial charge on any atom is -0.491 e. The van der Waals surface area contributed by atoms with Gasteiger partial charge >= 0.3 is 0 Å². The maximum Gasteiger partial charge on any atom is 0.173 e. The molecule has 0 saturated heterocycles. The fourth-order valence-electron chi connectivity index (χ4n) is 4.81. The van der Waals surface area contributed by atoms with Crippen LogP contribution in [0.2, 0.25) is 5.02 Å². The minimum atomic E-state index is 0.00711. The summed E-state index contributed by atoms with van der Waals surface area (Å²) in [5, 5.41) is 3.04. The van der Waals surface area contributed by atoms with Crippen LogP contribution in [0.5, 0.6) is 11.5 Å². The number of hydrogen-bond acceptors (Lipinski definition) is 4. The van der Waals surface area contributed by atoms with Crippen molar-refractivity contribution in [2.24, 2.45) is 0 Å². The number of hydrogen-bond donors (Lipinski definition) is 0. The summed E-state index contributed by atoms with van der Waals surface area (Å²) < 4.78 is 12.7. The molecule has 27 heavy (non-hydrogen) atoms. The van der Waals surface area contributed by atoms with Gasteiger partial charge in [-0.25, -0.2) is 0 Å². The summed E-state index contributed by atoms with van der Waals surface area (Å²) in [6.07, 6.45) is 6.79. The van der Waals surface area contributed by atoms with Crippen LogP contribution in [-0.4, -0.2) is 24.4 Å².